The largest absolute Gasteiger partial charge is 0.349 e. The summed E-state index contributed by atoms with van der Waals surface area (Å²) in [6, 6.07) is 6.60. The summed E-state index contributed by atoms with van der Waals surface area (Å²) in [5.74, 6) is -0.159. The molecule has 0 fully saturated rings. The Morgan fingerprint density at radius 1 is 1.31 bits per heavy atom. The van der Waals surface area contributed by atoms with Crippen molar-refractivity contribution >= 4 is 34.9 Å². The predicted molar refractivity (Wildman–Crippen MR) is 64.1 cm³/mol. The Hall–Kier alpha value is -1.06. The molecule has 0 bridgehead atoms. The second-order valence-electron chi connectivity index (χ2n) is 3.15. The van der Waals surface area contributed by atoms with Gasteiger partial charge in [-0.05, 0) is 12.1 Å². The number of halogens is 2. The van der Waals surface area contributed by atoms with Crippen LogP contribution in [0.2, 0.25) is 5.02 Å². The molecule has 0 atom stereocenters. The van der Waals surface area contributed by atoms with Crippen molar-refractivity contribution in [1.29, 1.82) is 0 Å². The highest BCUT2D eigenvalue weighted by atomic mass is 35.5. The van der Waals surface area contributed by atoms with Crippen LogP contribution in [0.5, 0.6) is 0 Å². The van der Waals surface area contributed by atoms with Crippen molar-refractivity contribution < 1.29 is 9.59 Å². The van der Waals surface area contributed by atoms with Crippen molar-refractivity contribution in [3.05, 3.63) is 34.9 Å². The molecule has 86 valence electrons. The number of alkyl halides is 1. The minimum Gasteiger partial charge on any atom is -0.349 e. The smallest absolute Gasteiger partial charge is 0.221 e. The van der Waals surface area contributed by atoms with Gasteiger partial charge in [-0.3, -0.25) is 9.59 Å². The van der Waals surface area contributed by atoms with Gasteiger partial charge >= 0.3 is 0 Å². The van der Waals surface area contributed by atoms with E-state index in [1.807, 2.05) is 0 Å². The maximum absolute atomic E-state index is 11.6. The molecule has 1 amide bonds. The number of nitrogens with one attached hydrogen (secondary N) is 1. The van der Waals surface area contributed by atoms with Crippen LogP contribution in [0.4, 0.5) is 0 Å². The van der Waals surface area contributed by atoms with E-state index in [4.69, 9.17) is 23.2 Å². The van der Waals surface area contributed by atoms with E-state index in [-0.39, 0.29) is 30.5 Å². The fraction of sp³-hybridized carbons (Fsp3) is 0.273. The van der Waals surface area contributed by atoms with Gasteiger partial charge in [0.25, 0.3) is 0 Å². The van der Waals surface area contributed by atoms with Crippen LogP contribution >= 0.6 is 23.2 Å². The molecule has 0 aliphatic heterocycles. The van der Waals surface area contributed by atoms with E-state index in [1.54, 1.807) is 24.3 Å². The van der Waals surface area contributed by atoms with Gasteiger partial charge in [0.05, 0.1) is 6.54 Å². The average Bonchev–Trinajstić information content (AvgIpc) is 2.26. The first-order valence-corrected chi connectivity index (χ1v) is 5.66. The molecular formula is C11H11Cl2NO2. The number of ketones is 1. The zero-order chi connectivity index (χ0) is 12.0. The van der Waals surface area contributed by atoms with E-state index in [0.29, 0.717) is 10.6 Å². The van der Waals surface area contributed by atoms with Crippen molar-refractivity contribution in [2.24, 2.45) is 0 Å². The molecule has 0 unspecified atom stereocenters. The molecule has 16 heavy (non-hydrogen) atoms. The van der Waals surface area contributed by atoms with Crippen LogP contribution in [0, 0.1) is 0 Å². The van der Waals surface area contributed by atoms with Gasteiger partial charge in [0.15, 0.2) is 5.78 Å². The number of rotatable bonds is 5. The van der Waals surface area contributed by atoms with Gasteiger partial charge in [0.2, 0.25) is 5.91 Å². The van der Waals surface area contributed by atoms with E-state index in [9.17, 15) is 9.59 Å². The second-order valence-corrected chi connectivity index (χ2v) is 3.96. The summed E-state index contributed by atoms with van der Waals surface area (Å²) in [6.07, 6.45) is 0.213. The third-order valence-electron chi connectivity index (χ3n) is 1.91. The number of benzene rings is 1. The maximum Gasteiger partial charge on any atom is 0.221 e. The molecule has 3 nitrogen and oxygen atoms in total. The molecule has 0 saturated heterocycles. The van der Waals surface area contributed by atoms with Crippen molar-refractivity contribution in [2.75, 3.05) is 12.4 Å². The molecule has 5 heteroatoms. The Kier molecular flexibility index (Phi) is 5.29. The molecule has 0 aromatic heterocycles. The molecular weight excluding hydrogens is 249 g/mol. The quantitative estimate of drug-likeness (QED) is 0.652. The predicted octanol–water partition coefficient (Wildman–Crippen LogP) is 2.27. The van der Waals surface area contributed by atoms with E-state index >= 15 is 0 Å². The van der Waals surface area contributed by atoms with Crippen molar-refractivity contribution in [1.82, 2.24) is 5.32 Å². The summed E-state index contributed by atoms with van der Waals surface area (Å²) in [4.78, 5) is 22.7. The molecule has 0 spiro atoms. The Morgan fingerprint density at radius 2 is 2.06 bits per heavy atom. The first kappa shape index (κ1) is 13.0. The Labute approximate surface area is 104 Å². The summed E-state index contributed by atoms with van der Waals surface area (Å²) >= 11 is 11.1. The molecule has 0 aliphatic carbocycles. The molecule has 1 aromatic rings. The molecule has 0 heterocycles. The average molecular weight is 260 g/mol. The Morgan fingerprint density at radius 3 is 2.69 bits per heavy atom. The van der Waals surface area contributed by atoms with Crippen LogP contribution < -0.4 is 5.32 Å². The number of carbonyl (C=O) groups excluding carboxylic acids is 2. The number of Topliss-reactive ketones (excluding diaryl/α,β-unsaturated/α-hetero) is 1. The highest BCUT2D eigenvalue weighted by Crippen LogP contribution is 2.10. The zero-order valence-electron chi connectivity index (χ0n) is 8.50. The SMILES string of the molecule is O=C(CCCl)NCC(=O)c1cccc(Cl)c1. The summed E-state index contributed by atoms with van der Waals surface area (Å²) in [5.41, 5.74) is 0.485. The number of amides is 1. The first-order valence-electron chi connectivity index (χ1n) is 4.75. The number of hydrogen-bond donors (Lipinski definition) is 1. The fourth-order valence-electron chi connectivity index (χ4n) is 1.12. The zero-order valence-corrected chi connectivity index (χ0v) is 10.0. The van der Waals surface area contributed by atoms with Crippen molar-refractivity contribution in [3.63, 3.8) is 0 Å². The Balaban J connectivity index is 2.50. The molecule has 0 aliphatic rings. The third kappa shape index (κ3) is 4.21. The van der Waals surface area contributed by atoms with Gasteiger partial charge in [-0.1, -0.05) is 23.7 Å². The van der Waals surface area contributed by atoms with Crippen molar-refractivity contribution in [3.8, 4) is 0 Å². The van der Waals surface area contributed by atoms with E-state index in [0.717, 1.165) is 0 Å². The van der Waals surface area contributed by atoms with E-state index in [2.05, 4.69) is 5.32 Å². The van der Waals surface area contributed by atoms with Gasteiger partial charge in [0, 0.05) is 22.9 Å². The minimum absolute atomic E-state index is 0.0317. The van der Waals surface area contributed by atoms with Crippen molar-refractivity contribution in [2.45, 2.75) is 6.42 Å². The summed E-state index contributed by atoms with van der Waals surface area (Å²) in [7, 11) is 0. The highest BCUT2D eigenvalue weighted by molar-refractivity contribution is 6.31. The standard InChI is InChI=1S/C11H11Cl2NO2/c12-5-4-11(16)14-7-10(15)8-2-1-3-9(13)6-8/h1-3,6H,4-5,7H2,(H,14,16). The van der Waals surface area contributed by atoms with Gasteiger partial charge in [-0.15, -0.1) is 11.6 Å². The lowest BCUT2D eigenvalue weighted by molar-refractivity contribution is -0.120. The van der Waals surface area contributed by atoms with Gasteiger partial charge < -0.3 is 5.32 Å². The van der Waals surface area contributed by atoms with E-state index < -0.39 is 0 Å². The van der Waals surface area contributed by atoms with Crippen LogP contribution in [0.15, 0.2) is 24.3 Å². The van der Waals surface area contributed by atoms with Crippen LogP contribution in [0.3, 0.4) is 0 Å². The molecule has 0 saturated carbocycles. The lowest BCUT2D eigenvalue weighted by atomic mass is 10.1. The number of carbonyl (C=O) groups is 2. The van der Waals surface area contributed by atoms with Crippen LogP contribution in [0.25, 0.3) is 0 Å². The summed E-state index contributed by atoms with van der Waals surface area (Å²) in [6.45, 7) is -0.0317. The normalized spacial score (nSPS) is 9.88. The third-order valence-corrected chi connectivity index (χ3v) is 2.34. The maximum atomic E-state index is 11.6. The van der Waals surface area contributed by atoms with Gasteiger partial charge in [-0.2, -0.15) is 0 Å². The molecule has 1 aromatic carbocycles. The van der Waals surface area contributed by atoms with Crippen LogP contribution in [-0.2, 0) is 4.79 Å². The lowest BCUT2D eigenvalue weighted by Crippen LogP contribution is -2.29. The second kappa shape index (κ2) is 6.51. The molecule has 0 radical (unpaired) electrons. The molecule has 1 rings (SSSR count). The van der Waals surface area contributed by atoms with Gasteiger partial charge in [-0.25, -0.2) is 0 Å². The van der Waals surface area contributed by atoms with Gasteiger partial charge in [0.1, 0.15) is 0 Å². The van der Waals surface area contributed by atoms with Crippen LogP contribution in [-0.4, -0.2) is 24.1 Å². The highest BCUT2D eigenvalue weighted by Gasteiger charge is 2.07. The number of hydrogen-bond acceptors (Lipinski definition) is 2. The monoisotopic (exact) mass is 259 g/mol. The first-order chi connectivity index (χ1) is 7.63. The van der Waals surface area contributed by atoms with E-state index in [1.165, 1.54) is 0 Å². The minimum atomic E-state index is -0.231. The molecule has 1 N–H and O–H groups in total. The summed E-state index contributed by atoms with van der Waals surface area (Å²) in [5, 5.41) is 2.98. The summed E-state index contributed by atoms with van der Waals surface area (Å²) < 4.78 is 0. The Bertz CT molecular complexity index is 393. The van der Waals surface area contributed by atoms with Crippen LogP contribution in [0.1, 0.15) is 16.8 Å². The fourth-order valence-corrected chi connectivity index (χ4v) is 1.48. The topological polar surface area (TPSA) is 46.2 Å². The lowest BCUT2D eigenvalue weighted by Gasteiger charge is -2.03.